The number of amides is 2. The molecular weight excluding hydrogens is 286 g/mol. The van der Waals surface area contributed by atoms with Gasteiger partial charge in [0.05, 0.1) is 6.26 Å². The number of carboxylic acid groups (broad SMARTS) is 1. The normalized spacial score (nSPS) is 20.8. The van der Waals surface area contributed by atoms with Crippen LogP contribution in [0.1, 0.15) is 12.8 Å². The molecule has 1 heterocycles. The minimum Gasteiger partial charge on any atom is -0.480 e. The number of carboxylic acids is 1. The monoisotopic (exact) mass is 305 g/mol. The molecule has 0 unspecified atom stereocenters. The van der Waals surface area contributed by atoms with Crippen LogP contribution in [0.2, 0.25) is 0 Å². The zero-order chi connectivity index (χ0) is 14.9. The maximum atomic E-state index is 12.3. The van der Waals surface area contributed by atoms with Crippen LogP contribution in [0.3, 0.4) is 0 Å². The number of hydrogen-bond donors (Lipinski definition) is 1. The second-order valence-electron chi connectivity index (χ2n) is 5.18. The molecule has 0 radical (unpaired) electrons. The lowest BCUT2D eigenvalue weighted by Gasteiger charge is -2.36. The van der Waals surface area contributed by atoms with Gasteiger partial charge in [-0.2, -0.15) is 4.31 Å². The Labute approximate surface area is 118 Å². The summed E-state index contributed by atoms with van der Waals surface area (Å²) >= 11 is 0. The molecule has 1 saturated carbocycles. The van der Waals surface area contributed by atoms with Crippen molar-refractivity contribution in [1.29, 1.82) is 0 Å². The Hall–Kier alpha value is -1.35. The van der Waals surface area contributed by atoms with Gasteiger partial charge in [0.15, 0.2) is 0 Å². The summed E-state index contributed by atoms with van der Waals surface area (Å²) in [5.41, 5.74) is 0. The molecule has 2 amide bonds. The van der Waals surface area contributed by atoms with Crippen molar-refractivity contribution >= 4 is 22.0 Å². The summed E-state index contributed by atoms with van der Waals surface area (Å²) in [6, 6.07) is -0.283. The summed E-state index contributed by atoms with van der Waals surface area (Å²) in [5, 5.41) is 8.86. The van der Waals surface area contributed by atoms with Crippen LogP contribution in [-0.2, 0) is 14.8 Å². The molecule has 114 valence electrons. The van der Waals surface area contributed by atoms with E-state index in [-0.39, 0.29) is 31.7 Å². The van der Waals surface area contributed by atoms with Crippen LogP contribution in [0.15, 0.2) is 0 Å². The predicted molar refractivity (Wildman–Crippen MR) is 70.7 cm³/mol. The van der Waals surface area contributed by atoms with E-state index in [9.17, 15) is 18.0 Å². The number of hydrogen-bond acceptors (Lipinski definition) is 4. The summed E-state index contributed by atoms with van der Waals surface area (Å²) in [6.07, 6.45) is 2.82. The van der Waals surface area contributed by atoms with Crippen molar-refractivity contribution in [3.8, 4) is 0 Å². The number of nitrogens with zero attached hydrogens (tertiary/aromatic N) is 3. The van der Waals surface area contributed by atoms with E-state index >= 15 is 0 Å². The number of urea groups is 1. The highest BCUT2D eigenvalue weighted by atomic mass is 32.2. The molecule has 0 spiro atoms. The molecule has 20 heavy (non-hydrogen) atoms. The van der Waals surface area contributed by atoms with E-state index in [1.165, 1.54) is 14.1 Å². The zero-order valence-electron chi connectivity index (χ0n) is 11.4. The third-order valence-electron chi connectivity index (χ3n) is 3.52. The molecule has 2 rings (SSSR count). The van der Waals surface area contributed by atoms with Crippen molar-refractivity contribution < 1.29 is 23.1 Å². The van der Waals surface area contributed by atoms with Crippen LogP contribution in [-0.4, -0.2) is 84.7 Å². The van der Waals surface area contributed by atoms with Gasteiger partial charge in [-0.3, -0.25) is 4.79 Å². The number of carbonyl (C=O) groups excluding carboxylic acids is 1. The van der Waals surface area contributed by atoms with Crippen LogP contribution < -0.4 is 0 Å². The number of carbonyl (C=O) groups is 2. The van der Waals surface area contributed by atoms with Gasteiger partial charge in [0.2, 0.25) is 10.0 Å². The van der Waals surface area contributed by atoms with Crippen LogP contribution in [0.25, 0.3) is 0 Å². The molecule has 0 aromatic heterocycles. The van der Waals surface area contributed by atoms with Gasteiger partial charge in [-0.15, -0.1) is 0 Å². The van der Waals surface area contributed by atoms with E-state index in [1.807, 2.05) is 0 Å². The molecule has 1 N–H and O–H groups in total. The predicted octanol–water partition coefficient (Wildman–Crippen LogP) is -0.767. The molecule has 9 heteroatoms. The van der Waals surface area contributed by atoms with Crippen LogP contribution in [0, 0.1) is 0 Å². The second-order valence-corrected chi connectivity index (χ2v) is 7.17. The average Bonchev–Trinajstić information content (AvgIpc) is 3.18. The van der Waals surface area contributed by atoms with Gasteiger partial charge in [0, 0.05) is 32.2 Å². The van der Waals surface area contributed by atoms with Crippen molar-refractivity contribution in [2.45, 2.75) is 18.9 Å². The van der Waals surface area contributed by atoms with Gasteiger partial charge in [0.1, 0.15) is 6.54 Å². The van der Waals surface area contributed by atoms with Crippen molar-refractivity contribution in [3.05, 3.63) is 0 Å². The Morgan fingerprint density at radius 1 is 1.20 bits per heavy atom. The molecule has 2 aliphatic rings. The topological polar surface area (TPSA) is 98.2 Å². The quantitative estimate of drug-likeness (QED) is 0.735. The first-order valence-corrected chi connectivity index (χ1v) is 8.36. The molecule has 0 atom stereocenters. The fourth-order valence-corrected chi connectivity index (χ4v) is 3.10. The Kier molecular flexibility index (Phi) is 4.19. The minimum atomic E-state index is -3.23. The highest BCUT2D eigenvalue weighted by Gasteiger charge is 2.37. The van der Waals surface area contributed by atoms with Crippen molar-refractivity contribution in [2.75, 3.05) is 39.0 Å². The van der Waals surface area contributed by atoms with E-state index in [2.05, 4.69) is 0 Å². The van der Waals surface area contributed by atoms with Gasteiger partial charge in [-0.1, -0.05) is 0 Å². The first-order chi connectivity index (χ1) is 9.29. The summed E-state index contributed by atoms with van der Waals surface area (Å²) in [4.78, 5) is 26.0. The smallest absolute Gasteiger partial charge is 0.323 e. The molecule has 0 aromatic rings. The van der Waals surface area contributed by atoms with E-state index in [4.69, 9.17) is 5.11 Å². The fourth-order valence-electron chi connectivity index (χ4n) is 2.28. The number of sulfonamides is 1. The highest BCUT2D eigenvalue weighted by Crippen LogP contribution is 2.27. The summed E-state index contributed by atoms with van der Waals surface area (Å²) in [7, 11) is -3.23. The van der Waals surface area contributed by atoms with Gasteiger partial charge in [-0.25, -0.2) is 13.2 Å². The maximum absolute atomic E-state index is 12.3. The SMILES string of the molecule is CS(=O)(=O)N1CCN(C(=O)N(CC(=O)O)C2CC2)CC1. The standard InChI is InChI=1S/C11H19N3O5S/c1-20(18,19)13-6-4-12(5-7-13)11(17)14(8-10(15)16)9-2-3-9/h9H,2-8H2,1H3,(H,15,16). The van der Waals surface area contributed by atoms with E-state index in [0.29, 0.717) is 13.1 Å². The van der Waals surface area contributed by atoms with Crippen LogP contribution >= 0.6 is 0 Å². The van der Waals surface area contributed by atoms with Gasteiger partial charge in [-0.05, 0) is 12.8 Å². The van der Waals surface area contributed by atoms with E-state index in [1.54, 1.807) is 0 Å². The van der Waals surface area contributed by atoms with Crippen molar-refractivity contribution in [2.24, 2.45) is 0 Å². The highest BCUT2D eigenvalue weighted by molar-refractivity contribution is 7.88. The average molecular weight is 305 g/mol. The lowest BCUT2D eigenvalue weighted by molar-refractivity contribution is -0.137. The third kappa shape index (κ3) is 3.60. The summed E-state index contributed by atoms with van der Waals surface area (Å²) < 4.78 is 24.1. The van der Waals surface area contributed by atoms with E-state index in [0.717, 1.165) is 19.1 Å². The van der Waals surface area contributed by atoms with Gasteiger partial charge in [0.25, 0.3) is 0 Å². The molecule has 2 fully saturated rings. The molecule has 0 bridgehead atoms. The Morgan fingerprint density at radius 2 is 1.75 bits per heavy atom. The largest absolute Gasteiger partial charge is 0.480 e. The first kappa shape index (κ1) is 15.0. The number of aliphatic carboxylic acids is 1. The summed E-state index contributed by atoms with van der Waals surface area (Å²) in [6.45, 7) is 0.825. The van der Waals surface area contributed by atoms with E-state index < -0.39 is 16.0 Å². The molecular formula is C11H19N3O5S. The maximum Gasteiger partial charge on any atom is 0.323 e. The number of rotatable bonds is 4. The molecule has 0 aromatic carbocycles. The lowest BCUT2D eigenvalue weighted by Crippen LogP contribution is -2.54. The molecule has 1 aliphatic heterocycles. The second kappa shape index (κ2) is 5.57. The van der Waals surface area contributed by atoms with Crippen LogP contribution in [0.4, 0.5) is 4.79 Å². The number of piperazine rings is 1. The van der Waals surface area contributed by atoms with Crippen LogP contribution in [0.5, 0.6) is 0 Å². The third-order valence-corrected chi connectivity index (χ3v) is 4.82. The Balaban J connectivity index is 1.95. The van der Waals surface area contributed by atoms with Crippen molar-refractivity contribution in [1.82, 2.24) is 14.1 Å². The fraction of sp³-hybridized carbons (Fsp3) is 0.818. The first-order valence-electron chi connectivity index (χ1n) is 6.51. The van der Waals surface area contributed by atoms with Crippen molar-refractivity contribution in [3.63, 3.8) is 0 Å². The lowest BCUT2D eigenvalue weighted by atomic mass is 10.3. The Bertz CT molecular complexity index is 494. The van der Waals surface area contributed by atoms with Gasteiger partial charge < -0.3 is 14.9 Å². The zero-order valence-corrected chi connectivity index (χ0v) is 12.2. The summed E-state index contributed by atoms with van der Waals surface area (Å²) in [5.74, 6) is -1.03. The molecule has 1 saturated heterocycles. The molecule has 8 nitrogen and oxygen atoms in total. The Morgan fingerprint density at radius 3 is 2.15 bits per heavy atom. The molecule has 1 aliphatic carbocycles. The van der Waals surface area contributed by atoms with Gasteiger partial charge >= 0.3 is 12.0 Å². The minimum absolute atomic E-state index is 0.0199.